The number of aliphatic carboxylic acids is 1. The van der Waals surface area contributed by atoms with E-state index in [-0.39, 0.29) is 6.61 Å². The smallest absolute Gasteiger partial charge is 0.334 e. The fourth-order valence-electron chi connectivity index (χ4n) is 3.88. The van der Waals surface area contributed by atoms with Crippen LogP contribution in [0.25, 0.3) is 11.2 Å². The molecule has 1 aromatic carbocycles. The molecule has 1 aliphatic heterocycles. The van der Waals surface area contributed by atoms with Crippen LogP contribution in [0.3, 0.4) is 0 Å². The first kappa shape index (κ1) is 22.7. The van der Waals surface area contributed by atoms with Gasteiger partial charge in [0.25, 0.3) is 0 Å². The molecule has 4 aromatic rings. The Bertz CT molecular complexity index is 1360. The van der Waals surface area contributed by atoms with E-state index in [4.69, 9.17) is 19.7 Å². The van der Waals surface area contributed by atoms with E-state index in [1.807, 2.05) is 37.3 Å². The van der Waals surface area contributed by atoms with Gasteiger partial charge in [0.1, 0.15) is 24.8 Å². The Morgan fingerprint density at radius 1 is 1.29 bits per heavy atom. The molecule has 0 aliphatic carbocycles. The second-order valence-electron chi connectivity index (χ2n) is 8.12. The van der Waals surface area contributed by atoms with E-state index in [2.05, 4.69) is 25.4 Å². The number of aryl methyl sites for hydroxylation is 1. The van der Waals surface area contributed by atoms with Gasteiger partial charge in [0.05, 0.1) is 18.1 Å². The fraction of sp³-hybridized carbons (Fsp3) is 0.318. The number of hydrogen-bond acceptors (Lipinski definition) is 11. The maximum atomic E-state index is 11.4. The highest BCUT2D eigenvalue weighted by molar-refractivity contribution is 5.82. The number of nitrogens with one attached hydrogen (secondary N) is 1. The Balaban J connectivity index is 1.29. The number of ether oxygens (including phenoxy) is 2. The molecule has 5 N–H and O–H groups in total. The third-order valence-corrected chi connectivity index (χ3v) is 5.61. The average Bonchev–Trinajstić information content (AvgIpc) is 3.54. The van der Waals surface area contributed by atoms with Crippen molar-refractivity contribution in [1.82, 2.24) is 24.7 Å². The van der Waals surface area contributed by atoms with Gasteiger partial charge in [-0.25, -0.2) is 19.7 Å². The molecule has 1 fully saturated rings. The number of carbonyl (C=O) groups is 1. The summed E-state index contributed by atoms with van der Waals surface area (Å²) in [5.74, 6) is 0.524. The van der Waals surface area contributed by atoms with Crippen LogP contribution >= 0.6 is 0 Å². The number of anilines is 1. The third kappa shape index (κ3) is 4.51. The van der Waals surface area contributed by atoms with Crippen molar-refractivity contribution in [2.45, 2.75) is 44.6 Å². The van der Waals surface area contributed by atoms with Crippen LogP contribution in [0.1, 0.15) is 23.2 Å². The molecule has 0 amide bonds. The van der Waals surface area contributed by atoms with E-state index in [1.165, 1.54) is 17.2 Å². The van der Waals surface area contributed by atoms with Gasteiger partial charge in [0.2, 0.25) is 0 Å². The predicted octanol–water partition coefficient (Wildman–Crippen LogP) is 0.984. The maximum absolute atomic E-state index is 11.4. The van der Waals surface area contributed by atoms with Gasteiger partial charge in [-0.3, -0.25) is 4.57 Å². The van der Waals surface area contributed by atoms with Gasteiger partial charge in [-0.2, -0.15) is 0 Å². The summed E-state index contributed by atoms with van der Waals surface area (Å²) < 4.78 is 17.9. The average molecular weight is 481 g/mol. The van der Waals surface area contributed by atoms with Crippen LogP contribution in [0.2, 0.25) is 0 Å². The van der Waals surface area contributed by atoms with Crippen molar-refractivity contribution in [3.63, 3.8) is 0 Å². The molecule has 3 aromatic heterocycles. The number of carboxylic acids is 1. The predicted molar refractivity (Wildman–Crippen MR) is 120 cm³/mol. The molecule has 5 rings (SSSR count). The monoisotopic (exact) mass is 481 g/mol. The first-order chi connectivity index (χ1) is 16.9. The molecule has 13 heteroatoms. The molecular formula is C22H23N7O6. The highest BCUT2D eigenvalue weighted by Gasteiger charge is 2.46. The van der Waals surface area contributed by atoms with E-state index in [0.29, 0.717) is 35.0 Å². The van der Waals surface area contributed by atoms with E-state index in [1.54, 1.807) is 0 Å². The summed E-state index contributed by atoms with van der Waals surface area (Å²) in [7, 11) is 0. The summed E-state index contributed by atoms with van der Waals surface area (Å²) in [6, 6.07) is 8.28. The second kappa shape index (κ2) is 9.29. The van der Waals surface area contributed by atoms with Crippen LogP contribution in [0.15, 0.2) is 47.5 Å². The Kier molecular flexibility index (Phi) is 6.03. The zero-order valence-electron chi connectivity index (χ0n) is 18.6. The van der Waals surface area contributed by atoms with Crippen molar-refractivity contribution in [2.75, 3.05) is 5.32 Å². The number of rotatable bonds is 8. The minimum absolute atomic E-state index is 0.267. The molecule has 4 unspecified atom stereocenters. The molecule has 0 radical (unpaired) electrons. The van der Waals surface area contributed by atoms with Crippen LogP contribution in [0, 0.1) is 6.92 Å². The second-order valence-corrected chi connectivity index (χ2v) is 8.12. The van der Waals surface area contributed by atoms with Crippen LogP contribution in [0.4, 0.5) is 5.82 Å². The van der Waals surface area contributed by atoms with Crippen molar-refractivity contribution in [3.8, 4) is 5.75 Å². The number of aliphatic hydroxyl groups excluding tert-OH is 1. The van der Waals surface area contributed by atoms with E-state index in [0.717, 1.165) is 11.3 Å². The first-order valence-electron chi connectivity index (χ1n) is 10.8. The Morgan fingerprint density at radius 3 is 2.89 bits per heavy atom. The fourth-order valence-corrected chi connectivity index (χ4v) is 3.88. The number of nitrogens with two attached hydrogens (primary N) is 1. The zero-order chi connectivity index (χ0) is 24.5. The van der Waals surface area contributed by atoms with Crippen LogP contribution in [-0.4, -0.2) is 59.1 Å². The van der Waals surface area contributed by atoms with E-state index >= 15 is 0 Å². The lowest BCUT2D eigenvalue weighted by molar-refractivity contribution is -0.152. The highest BCUT2D eigenvalue weighted by atomic mass is 16.6. The molecule has 0 saturated carbocycles. The quantitative estimate of drug-likeness (QED) is 0.280. The highest BCUT2D eigenvalue weighted by Crippen LogP contribution is 2.31. The van der Waals surface area contributed by atoms with Gasteiger partial charge < -0.3 is 35.3 Å². The molecule has 182 valence electrons. The lowest BCUT2D eigenvalue weighted by Crippen LogP contribution is -2.43. The van der Waals surface area contributed by atoms with Gasteiger partial charge in [-0.05, 0) is 24.6 Å². The molecule has 1 aliphatic rings. The normalized spacial score (nSPS) is 21.9. The molecular weight excluding hydrogens is 458 g/mol. The van der Waals surface area contributed by atoms with E-state index in [9.17, 15) is 15.0 Å². The number of carboxylic acid groups (broad SMARTS) is 1. The molecule has 4 heterocycles. The molecule has 0 spiro atoms. The summed E-state index contributed by atoms with van der Waals surface area (Å²) in [6.07, 6.45) is -0.869. The third-order valence-electron chi connectivity index (χ3n) is 5.61. The molecule has 1 saturated heterocycles. The molecule has 13 nitrogen and oxygen atoms in total. The van der Waals surface area contributed by atoms with Crippen molar-refractivity contribution in [3.05, 3.63) is 60.0 Å². The van der Waals surface area contributed by atoms with Crippen molar-refractivity contribution in [2.24, 2.45) is 5.73 Å². The Morgan fingerprint density at radius 2 is 2.14 bits per heavy atom. The number of benzene rings is 1. The number of aromatic nitrogens is 5. The lowest BCUT2D eigenvalue weighted by atomic mass is 10.1. The largest absolute Gasteiger partial charge is 0.486 e. The zero-order valence-corrected chi connectivity index (χ0v) is 18.6. The molecule has 35 heavy (non-hydrogen) atoms. The number of aliphatic hydroxyl groups is 1. The van der Waals surface area contributed by atoms with Crippen LogP contribution in [-0.2, 0) is 22.7 Å². The summed E-state index contributed by atoms with van der Waals surface area (Å²) >= 11 is 0. The Labute approximate surface area is 198 Å². The lowest BCUT2D eigenvalue weighted by Gasteiger charge is -2.16. The van der Waals surface area contributed by atoms with Crippen LogP contribution < -0.4 is 15.8 Å². The number of fused-ring (bicyclic) bond motifs is 1. The summed E-state index contributed by atoms with van der Waals surface area (Å²) in [4.78, 5) is 24.2. The van der Waals surface area contributed by atoms with Crippen molar-refractivity contribution < 1.29 is 29.0 Å². The van der Waals surface area contributed by atoms with E-state index < -0.39 is 30.4 Å². The number of nitrogens with zero attached hydrogens (tertiary/aromatic N) is 5. The van der Waals surface area contributed by atoms with Gasteiger partial charge in [0, 0.05) is 12.6 Å². The van der Waals surface area contributed by atoms with Gasteiger partial charge in [-0.15, -0.1) is 0 Å². The first-order valence-corrected chi connectivity index (χ1v) is 10.8. The maximum Gasteiger partial charge on any atom is 0.334 e. The summed E-state index contributed by atoms with van der Waals surface area (Å²) in [5, 5.41) is 26.8. The van der Waals surface area contributed by atoms with Gasteiger partial charge >= 0.3 is 5.97 Å². The van der Waals surface area contributed by atoms with Crippen LogP contribution in [0.5, 0.6) is 5.75 Å². The Hall–Kier alpha value is -4.07. The number of hydrogen-bond donors (Lipinski definition) is 4. The topological polar surface area (TPSA) is 184 Å². The minimum atomic E-state index is -1.34. The minimum Gasteiger partial charge on any atom is -0.486 e. The van der Waals surface area contributed by atoms with Gasteiger partial charge in [0.15, 0.2) is 35.1 Å². The van der Waals surface area contributed by atoms with Crippen molar-refractivity contribution in [1.29, 1.82) is 0 Å². The summed E-state index contributed by atoms with van der Waals surface area (Å²) in [5.41, 5.74) is 8.35. The number of imidazole rings is 1. The van der Waals surface area contributed by atoms with Crippen molar-refractivity contribution >= 4 is 23.0 Å². The van der Waals surface area contributed by atoms with Gasteiger partial charge in [-0.1, -0.05) is 17.3 Å². The SMILES string of the molecule is Cc1cc(COc2cccc(CNc3ncnc4c3ncn4C3OC(C(=O)O)C(N)C3O)c2)on1. The standard InChI is InChI=1S/C22H23N7O6/c1-11-5-14(35-28-11)8-33-13-4-2-3-12(6-13)7-24-19-16-20(26-9-25-19)29(10-27-16)21-17(30)15(23)18(34-21)22(31)32/h2-6,9-10,15,17-18,21,30H,7-8,23H2,1H3,(H,31,32)(H,24,25,26). The molecule has 0 bridgehead atoms. The summed E-state index contributed by atoms with van der Waals surface area (Å²) in [6.45, 7) is 2.53. The molecule has 4 atom stereocenters.